The van der Waals surface area contributed by atoms with Gasteiger partial charge < -0.3 is 47.7 Å². The maximum atomic E-state index is 12.3. The summed E-state index contributed by atoms with van der Waals surface area (Å²) < 4.78 is 36.6. The predicted molar refractivity (Wildman–Crippen MR) is 261 cm³/mol. The quantitative estimate of drug-likeness (QED) is 0.119. The minimum absolute atomic E-state index is 0. The number of hydrogen-bond donors (Lipinski definition) is 3. The van der Waals surface area contributed by atoms with E-state index in [9.17, 15) is 19.5 Å². The number of aliphatic hydroxyl groups is 1. The summed E-state index contributed by atoms with van der Waals surface area (Å²) in [6.07, 6.45) is -1.51. The summed E-state index contributed by atoms with van der Waals surface area (Å²) in [4.78, 5) is 36.5. The molecule has 0 aliphatic heterocycles. The van der Waals surface area contributed by atoms with Gasteiger partial charge in [-0.2, -0.15) is 0 Å². The molecule has 0 radical (unpaired) electrons. The summed E-state index contributed by atoms with van der Waals surface area (Å²) in [5.74, 6) is 0. The number of carbonyl (C=O) groups excluding carboxylic acids is 3. The smallest absolute Gasteiger partial charge is 0.444 e. The van der Waals surface area contributed by atoms with E-state index in [-0.39, 0.29) is 71.3 Å². The third-order valence-electron chi connectivity index (χ3n) is 11.9. The van der Waals surface area contributed by atoms with Crippen molar-refractivity contribution < 1.29 is 76.2 Å². The van der Waals surface area contributed by atoms with E-state index in [0.29, 0.717) is 6.61 Å². The topological polar surface area (TPSA) is 151 Å². The van der Waals surface area contributed by atoms with Crippen molar-refractivity contribution >= 4 is 60.2 Å². The van der Waals surface area contributed by atoms with Gasteiger partial charge in [0.25, 0.3) is 0 Å². The van der Waals surface area contributed by atoms with Gasteiger partial charge in [-0.25, -0.2) is 9.59 Å². The largest absolute Gasteiger partial charge is 1.00 e. The van der Waals surface area contributed by atoms with Crippen molar-refractivity contribution in [2.75, 3.05) is 19.8 Å². The molecule has 0 rings (SSSR count). The maximum absolute atomic E-state index is 12.3. The van der Waals surface area contributed by atoms with Gasteiger partial charge in [0.2, 0.25) is 0 Å². The standard InChI is InChI=1S/C21H47NO5Si2.C21H45NO5Si2.BH4.Na/c2*1-19(2,3)26-18(24)22-16(14-23)17(27-29(12,13)21(7,8)9)15-25-28(10,11)20(4,5)6;;/h16-17,23H,14-15H2,1-13H3,(H,22,24);14,16-17H,15H2,1-13H3,(H,22,24);1H4;/q;;-1;+1/t2*16-,17+;;/m00../s1. The number of ether oxygens (including phenoxy) is 2. The molecule has 0 aromatic carbocycles. The Morgan fingerprint density at radius 3 is 1.08 bits per heavy atom. The summed E-state index contributed by atoms with van der Waals surface area (Å²) in [6.45, 7) is 54.4. The van der Waals surface area contributed by atoms with Gasteiger partial charge in [0.1, 0.15) is 23.5 Å². The zero-order valence-electron chi connectivity index (χ0n) is 43.1. The van der Waals surface area contributed by atoms with Crippen molar-refractivity contribution in [2.24, 2.45) is 0 Å². The van der Waals surface area contributed by atoms with Crippen LogP contribution in [0.1, 0.15) is 125 Å². The van der Waals surface area contributed by atoms with Gasteiger partial charge in [0.05, 0.1) is 38.1 Å². The molecule has 2 amide bonds. The Labute approximate surface area is 397 Å². The van der Waals surface area contributed by atoms with E-state index in [4.69, 9.17) is 27.2 Å². The Balaban J connectivity index is -0.000000506. The van der Waals surface area contributed by atoms with Gasteiger partial charge in [-0.05, 0) is 114 Å². The maximum Gasteiger partial charge on any atom is 1.00 e. The number of carbonyl (C=O) groups is 3. The van der Waals surface area contributed by atoms with Gasteiger partial charge >= 0.3 is 41.7 Å². The van der Waals surface area contributed by atoms with Crippen LogP contribution in [0.15, 0.2) is 0 Å². The number of rotatable bonds is 16. The SMILES string of the molecule is CC(C)(C)OC(=O)N[C@@H](C=O)[C@@H](CO[Si](C)(C)C(C)(C)C)O[Si](C)(C)C(C)(C)C.CC(C)(C)OC(=O)N[C@@H](CO)[C@@H](CO[Si](C)(C)C(C)(C)C)O[Si](C)(C)C(C)(C)C.[BH4-].[Na+]. The third-order valence-corrected chi connectivity index (χ3v) is 29.9. The van der Waals surface area contributed by atoms with E-state index < -0.39 is 80.9 Å². The van der Waals surface area contributed by atoms with Crippen LogP contribution in [0.25, 0.3) is 0 Å². The molecule has 0 bridgehead atoms. The molecular formula is C42H96BN2NaO10Si4. The summed E-state index contributed by atoms with van der Waals surface area (Å²) in [6, 6.07) is -1.45. The molecule has 4 atom stereocenters. The van der Waals surface area contributed by atoms with Crippen molar-refractivity contribution in [3.63, 3.8) is 0 Å². The zero-order chi connectivity index (χ0) is 46.9. The molecular weight excluding hydrogens is 839 g/mol. The van der Waals surface area contributed by atoms with Gasteiger partial charge in [-0.15, -0.1) is 0 Å². The molecule has 0 aromatic heterocycles. The number of amides is 2. The van der Waals surface area contributed by atoms with Crippen molar-refractivity contribution in [1.82, 2.24) is 10.6 Å². The van der Waals surface area contributed by atoms with Crippen molar-refractivity contribution in [2.45, 2.75) is 233 Å². The zero-order valence-corrected chi connectivity index (χ0v) is 49.1. The number of aldehydes is 1. The van der Waals surface area contributed by atoms with E-state index in [2.05, 4.69) is 146 Å². The number of alkyl carbamates (subject to hydrolysis) is 2. The van der Waals surface area contributed by atoms with Crippen LogP contribution in [-0.4, -0.2) is 121 Å². The Morgan fingerprint density at radius 1 is 0.533 bits per heavy atom. The fraction of sp³-hybridized carbons (Fsp3) is 0.929. The molecule has 0 aliphatic carbocycles. The Bertz CT molecular complexity index is 1300. The van der Waals surface area contributed by atoms with E-state index in [0.717, 1.165) is 6.29 Å². The average molecular weight is 935 g/mol. The van der Waals surface area contributed by atoms with Gasteiger partial charge in [0, 0.05) is 0 Å². The van der Waals surface area contributed by atoms with Crippen LogP contribution < -0.4 is 40.2 Å². The molecule has 3 N–H and O–H groups in total. The van der Waals surface area contributed by atoms with Crippen LogP contribution in [0.5, 0.6) is 0 Å². The molecule has 0 fully saturated rings. The second-order valence-corrected chi connectivity index (χ2v) is 42.9. The second-order valence-electron chi connectivity index (χ2n) is 23.7. The molecule has 18 heteroatoms. The first-order chi connectivity index (χ1) is 25.3. The van der Waals surface area contributed by atoms with Crippen LogP contribution in [0.2, 0.25) is 72.5 Å². The molecule has 60 heavy (non-hydrogen) atoms. The minimum atomic E-state index is -2.20. The summed E-state index contributed by atoms with van der Waals surface area (Å²) in [7, 11) is -8.42. The number of aliphatic hydroxyl groups excluding tert-OH is 1. The van der Waals surface area contributed by atoms with E-state index in [1.807, 2.05) is 20.8 Å². The van der Waals surface area contributed by atoms with E-state index in [1.54, 1.807) is 20.8 Å². The van der Waals surface area contributed by atoms with Gasteiger partial charge in [0.15, 0.2) is 33.3 Å². The minimum Gasteiger partial charge on any atom is -0.444 e. The molecule has 0 aromatic rings. The molecule has 0 spiro atoms. The normalized spacial score (nSPS) is 15.7. The summed E-state index contributed by atoms with van der Waals surface area (Å²) in [5.41, 5.74) is -1.26. The first-order valence-corrected chi connectivity index (χ1v) is 32.6. The molecule has 0 saturated carbocycles. The predicted octanol–water partition coefficient (Wildman–Crippen LogP) is 6.33. The fourth-order valence-corrected chi connectivity index (χ4v) is 8.64. The Morgan fingerprint density at radius 2 is 0.817 bits per heavy atom. The van der Waals surface area contributed by atoms with Crippen LogP contribution in [-0.2, 0) is 32.0 Å². The van der Waals surface area contributed by atoms with Crippen LogP contribution in [0.3, 0.4) is 0 Å². The first kappa shape index (κ1) is 66.5. The van der Waals surface area contributed by atoms with E-state index in [1.165, 1.54) is 0 Å². The molecule has 12 nitrogen and oxygen atoms in total. The number of nitrogens with one attached hydrogen (secondary N) is 2. The number of hydrogen-bond acceptors (Lipinski definition) is 10. The van der Waals surface area contributed by atoms with Crippen molar-refractivity contribution in [1.29, 1.82) is 0 Å². The van der Waals surface area contributed by atoms with E-state index >= 15 is 0 Å². The first-order valence-electron chi connectivity index (χ1n) is 20.9. The fourth-order valence-electron chi connectivity index (χ4n) is 3.94. The molecule has 0 heterocycles. The molecule has 0 unspecified atom stereocenters. The van der Waals surface area contributed by atoms with Crippen LogP contribution in [0, 0.1) is 0 Å². The Hall–Kier alpha value is -0.0575. The molecule has 0 aliphatic rings. The van der Waals surface area contributed by atoms with Gasteiger partial charge in [-0.3, -0.25) is 0 Å². The summed E-state index contributed by atoms with van der Waals surface area (Å²) in [5, 5.41) is 15.6. The molecule has 0 saturated heterocycles. The monoisotopic (exact) mass is 935 g/mol. The van der Waals surface area contributed by atoms with Crippen LogP contribution in [0.4, 0.5) is 9.59 Å². The van der Waals surface area contributed by atoms with Crippen molar-refractivity contribution in [3.8, 4) is 0 Å². The summed E-state index contributed by atoms with van der Waals surface area (Å²) >= 11 is 0. The molecule has 354 valence electrons. The third kappa shape index (κ3) is 24.3. The second kappa shape index (κ2) is 24.5. The average Bonchev–Trinajstić information content (AvgIpc) is 2.95. The van der Waals surface area contributed by atoms with Crippen LogP contribution >= 0.6 is 0 Å². The Kier molecular flexibility index (Phi) is 27.1. The van der Waals surface area contributed by atoms with Crippen molar-refractivity contribution in [3.05, 3.63) is 0 Å². The van der Waals surface area contributed by atoms with Gasteiger partial charge in [-0.1, -0.05) is 91.5 Å².